The van der Waals surface area contributed by atoms with Gasteiger partial charge in [0.15, 0.2) is 6.23 Å². The highest BCUT2D eigenvalue weighted by atomic mass is 35.5. The van der Waals surface area contributed by atoms with Crippen LogP contribution in [-0.4, -0.2) is 19.4 Å². The Morgan fingerprint density at radius 2 is 1.97 bits per heavy atom. The van der Waals surface area contributed by atoms with Gasteiger partial charge in [-0.3, -0.25) is 0 Å². The van der Waals surface area contributed by atoms with Gasteiger partial charge in [0, 0.05) is 34.1 Å². The van der Waals surface area contributed by atoms with Crippen LogP contribution in [0.25, 0.3) is 0 Å². The number of nitrogens with zero attached hydrogens (tertiary/aromatic N) is 1. The van der Waals surface area contributed by atoms with E-state index in [4.69, 9.17) is 31.5 Å². The van der Waals surface area contributed by atoms with Crippen LogP contribution in [0.3, 0.4) is 0 Å². The van der Waals surface area contributed by atoms with E-state index in [2.05, 4.69) is 16.9 Å². The Morgan fingerprint density at radius 3 is 2.66 bits per heavy atom. The van der Waals surface area contributed by atoms with Gasteiger partial charge in [-0.2, -0.15) is 5.26 Å². The second-order valence-corrected chi connectivity index (χ2v) is 7.86. The quantitative estimate of drug-likeness (QED) is 0.603. The first-order valence-corrected chi connectivity index (χ1v) is 10.8. The normalized spacial score (nSPS) is 24.5. The predicted molar refractivity (Wildman–Crippen MR) is 117 cm³/mol. The Hall–Kier alpha value is -2.99. The molecular formula is C23H24ClFN4O3. The SMILES string of the molecule is CCOc1ccc(C2NNC3OC(N)=C(C#N)C(c4c(F)cccc4Cl)C32)c(OCC)c1. The molecule has 32 heavy (non-hydrogen) atoms. The summed E-state index contributed by atoms with van der Waals surface area (Å²) in [6, 6.07) is 11.7. The van der Waals surface area contributed by atoms with Gasteiger partial charge < -0.3 is 19.9 Å². The third-order valence-corrected chi connectivity index (χ3v) is 6.02. The molecule has 0 spiro atoms. The van der Waals surface area contributed by atoms with E-state index in [0.29, 0.717) is 24.7 Å². The highest BCUT2D eigenvalue weighted by Gasteiger charge is 2.51. The van der Waals surface area contributed by atoms with Crippen molar-refractivity contribution in [3.05, 3.63) is 69.8 Å². The highest BCUT2D eigenvalue weighted by molar-refractivity contribution is 6.31. The second-order valence-electron chi connectivity index (χ2n) is 7.45. The van der Waals surface area contributed by atoms with Gasteiger partial charge in [0.1, 0.15) is 23.4 Å². The lowest BCUT2D eigenvalue weighted by Crippen LogP contribution is -2.41. The van der Waals surface area contributed by atoms with Crippen LogP contribution >= 0.6 is 11.6 Å². The summed E-state index contributed by atoms with van der Waals surface area (Å²) in [6.07, 6.45) is -0.612. The van der Waals surface area contributed by atoms with Crippen molar-refractivity contribution in [1.29, 1.82) is 5.26 Å². The fourth-order valence-corrected chi connectivity index (χ4v) is 4.70. The maximum atomic E-state index is 15.0. The van der Waals surface area contributed by atoms with Crippen molar-refractivity contribution >= 4 is 11.6 Å². The van der Waals surface area contributed by atoms with Crippen molar-refractivity contribution in [2.45, 2.75) is 32.0 Å². The lowest BCUT2D eigenvalue weighted by molar-refractivity contribution is 0.0335. The first-order valence-electron chi connectivity index (χ1n) is 10.4. The first-order chi connectivity index (χ1) is 15.5. The molecule has 0 aliphatic carbocycles. The summed E-state index contributed by atoms with van der Waals surface area (Å²) < 4.78 is 32.3. The monoisotopic (exact) mass is 458 g/mol. The van der Waals surface area contributed by atoms with Crippen molar-refractivity contribution in [2.24, 2.45) is 11.7 Å². The lowest BCUT2D eigenvalue weighted by atomic mass is 9.73. The van der Waals surface area contributed by atoms with Gasteiger partial charge in [0.2, 0.25) is 5.88 Å². The third-order valence-electron chi connectivity index (χ3n) is 5.69. The number of hydrogen-bond acceptors (Lipinski definition) is 7. The molecule has 1 fully saturated rings. The van der Waals surface area contributed by atoms with Gasteiger partial charge >= 0.3 is 0 Å². The van der Waals surface area contributed by atoms with Gasteiger partial charge in [0.25, 0.3) is 0 Å². The van der Waals surface area contributed by atoms with Gasteiger partial charge in [-0.15, -0.1) is 0 Å². The molecule has 2 aliphatic heterocycles. The predicted octanol–water partition coefficient (Wildman–Crippen LogP) is 3.88. The average Bonchev–Trinajstić information content (AvgIpc) is 3.17. The molecule has 0 aromatic heterocycles. The Kier molecular flexibility index (Phi) is 6.42. The number of benzene rings is 2. The molecule has 168 valence electrons. The fraction of sp³-hybridized carbons (Fsp3) is 0.348. The summed E-state index contributed by atoms with van der Waals surface area (Å²) in [5, 5.41) is 10.1. The number of allylic oxidation sites excluding steroid dienone is 1. The van der Waals surface area contributed by atoms with Crippen LogP contribution in [0, 0.1) is 23.1 Å². The van der Waals surface area contributed by atoms with Crippen LogP contribution in [0.4, 0.5) is 4.39 Å². The van der Waals surface area contributed by atoms with Gasteiger partial charge in [-0.25, -0.2) is 15.2 Å². The molecule has 4 atom stereocenters. The molecule has 4 unspecified atom stereocenters. The number of ether oxygens (including phenoxy) is 3. The highest BCUT2D eigenvalue weighted by Crippen LogP contribution is 2.50. The number of nitrogens with one attached hydrogen (secondary N) is 2. The first kappa shape index (κ1) is 22.2. The maximum Gasteiger partial charge on any atom is 0.200 e. The van der Waals surface area contributed by atoms with Gasteiger partial charge in [-0.1, -0.05) is 23.7 Å². The van der Waals surface area contributed by atoms with Crippen LogP contribution in [0.5, 0.6) is 11.5 Å². The summed E-state index contributed by atoms with van der Waals surface area (Å²) in [4.78, 5) is 0. The van der Waals surface area contributed by atoms with Crippen molar-refractivity contribution in [3.8, 4) is 17.6 Å². The summed E-state index contributed by atoms with van der Waals surface area (Å²) in [5.41, 5.74) is 13.5. The average molecular weight is 459 g/mol. The van der Waals surface area contributed by atoms with Gasteiger partial charge in [0.05, 0.1) is 24.8 Å². The standard InChI is InChI=1S/C23H24ClFN4O3/c1-3-30-12-8-9-13(17(10-12)31-4-2)21-20-18(19-15(24)6-5-7-16(19)25)14(11-26)22(27)32-23(20)29-28-21/h5-10,18,20-21,23,28-29H,3-4,27H2,1-2H3. The van der Waals surface area contributed by atoms with Crippen LogP contribution in [0.1, 0.15) is 36.9 Å². The molecule has 0 radical (unpaired) electrons. The minimum absolute atomic E-state index is 0.0512. The van der Waals surface area contributed by atoms with E-state index in [9.17, 15) is 5.26 Å². The third kappa shape index (κ3) is 3.84. The zero-order chi connectivity index (χ0) is 22.8. The molecule has 1 saturated heterocycles. The number of nitriles is 1. The largest absolute Gasteiger partial charge is 0.494 e. The van der Waals surface area contributed by atoms with Crippen LogP contribution in [0.15, 0.2) is 47.9 Å². The summed E-state index contributed by atoms with van der Waals surface area (Å²) in [6.45, 7) is 4.77. The molecule has 4 rings (SSSR count). The van der Waals surface area contributed by atoms with Crippen molar-refractivity contribution in [3.63, 3.8) is 0 Å². The zero-order valence-electron chi connectivity index (χ0n) is 17.7. The lowest BCUT2D eigenvalue weighted by Gasteiger charge is -2.36. The molecule has 0 saturated carbocycles. The molecule has 2 aromatic carbocycles. The van der Waals surface area contributed by atoms with Crippen molar-refractivity contribution < 1.29 is 18.6 Å². The molecule has 9 heteroatoms. The van der Waals surface area contributed by atoms with Crippen LogP contribution < -0.4 is 26.1 Å². The number of hydrazine groups is 1. The van der Waals surface area contributed by atoms with Crippen LogP contribution in [-0.2, 0) is 4.74 Å². The number of fused-ring (bicyclic) bond motifs is 1. The van der Waals surface area contributed by atoms with E-state index < -0.39 is 29.9 Å². The smallest absolute Gasteiger partial charge is 0.200 e. The summed E-state index contributed by atoms with van der Waals surface area (Å²) >= 11 is 6.42. The Morgan fingerprint density at radius 1 is 1.19 bits per heavy atom. The minimum Gasteiger partial charge on any atom is -0.494 e. The number of hydrogen-bond donors (Lipinski definition) is 3. The molecule has 2 heterocycles. The van der Waals surface area contributed by atoms with E-state index >= 15 is 4.39 Å². The Labute approximate surface area is 190 Å². The van der Waals surface area contributed by atoms with Crippen molar-refractivity contribution in [1.82, 2.24) is 10.9 Å². The molecule has 2 aromatic rings. The van der Waals surface area contributed by atoms with Crippen molar-refractivity contribution in [2.75, 3.05) is 13.2 Å². The Balaban J connectivity index is 1.85. The second kappa shape index (κ2) is 9.25. The van der Waals surface area contributed by atoms with E-state index in [1.54, 1.807) is 6.07 Å². The van der Waals surface area contributed by atoms with Crippen LogP contribution in [0.2, 0.25) is 5.02 Å². The van der Waals surface area contributed by atoms with E-state index in [0.717, 1.165) is 5.56 Å². The van der Waals surface area contributed by atoms with Gasteiger partial charge in [-0.05, 0) is 32.0 Å². The summed E-state index contributed by atoms with van der Waals surface area (Å²) in [5.74, 6) is -0.434. The van der Waals surface area contributed by atoms with E-state index in [1.165, 1.54) is 12.1 Å². The van der Waals surface area contributed by atoms with E-state index in [-0.39, 0.29) is 22.0 Å². The minimum atomic E-state index is -0.735. The molecule has 2 aliphatic rings. The zero-order valence-corrected chi connectivity index (χ0v) is 18.4. The topological polar surface area (TPSA) is 102 Å². The number of nitrogens with two attached hydrogens (primary N) is 1. The number of rotatable bonds is 6. The molecule has 0 amide bonds. The molecule has 7 nitrogen and oxygen atoms in total. The molecular weight excluding hydrogens is 435 g/mol. The fourth-order valence-electron chi connectivity index (χ4n) is 4.42. The number of halogens is 2. The van der Waals surface area contributed by atoms with E-state index in [1.807, 2.05) is 32.0 Å². The molecule has 4 N–H and O–H groups in total. The maximum absolute atomic E-state index is 15.0. The molecule has 0 bridgehead atoms. The Bertz CT molecular complexity index is 1070. The summed E-state index contributed by atoms with van der Waals surface area (Å²) in [7, 11) is 0.